The van der Waals surface area contributed by atoms with E-state index in [9.17, 15) is 43.2 Å². The fraction of sp³-hybridized carbons (Fsp3) is 0.905. The smallest absolute Gasteiger partial charge is 0.462 e. The Hall–Kier alpha value is -2.46. The monoisotopic (exact) mass is 1500 g/mol. The quantitative estimate of drug-likeness (QED) is 0.0169. The summed E-state index contributed by atoms with van der Waals surface area (Å²) in [5.74, 6) is -1.32. The number of hydrogen-bond donors (Lipinski definition) is 3. The van der Waals surface area contributed by atoms with E-state index in [1.165, 1.54) is 238 Å². The number of carbonyl (C=O) groups excluding carboxylic acids is 4. The Labute approximate surface area is 631 Å². The predicted octanol–water partition coefficient (Wildman–Crippen LogP) is 25.1. The highest BCUT2D eigenvalue weighted by atomic mass is 31.2. The van der Waals surface area contributed by atoms with E-state index < -0.39 is 97.5 Å². The summed E-state index contributed by atoms with van der Waals surface area (Å²) in [7, 11) is -9.94. The summed E-state index contributed by atoms with van der Waals surface area (Å²) in [4.78, 5) is 73.2. The summed E-state index contributed by atoms with van der Waals surface area (Å²) < 4.78 is 68.8. The van der Waals surface area contributed by atoms with E-state index in [1.807, 2.05) is 0 Å². The van der Waals surface area contributed by atoms with Crippen LogP contribution < -0.4 is 0 Å². The van der Waals surface area contributed by atoms with Gasteiger partial charge in [0.15, 0.2) is 12.2 Å². The number of aliphatic hydroxyl groups excluding tert-OH is 1. The Balaban J connectivity index is 5.29. The van der Waals surface area contributed by atoms with E-state index in [0.29, 0.717) is 25.7 Å². The molecule has 0 amide bonds. The molecular weight excluding hydrogens is 1340 g/mol. The Kier molecular flexibility index (Phi) is 74.5. The molecule has 0 aromatic carbocycles. The topological polar surface area (TPSA) is 237 Å². The molecule has 0 aliphatic carbocycles. The summed E-state index contributed by atoms with van der Waals surface area (Å²) in [5, 5.41) is 10.7. The maximum Gasteiger partial charge on any atom is 0.472 e. The molecule has 0 radical (unpaired) electrons. The highest BCUT2D eigenvalue weighted by Crippen LogP contribution is 2.45. The normalized spacial score (nSPS) is 14.0. The molecule has 0 heterocycles. The maximum absolute atomic E-state index is 13.1. The molecule has 17 nitrogen and oxygen atoms in total. The number of allylic oxidation sites excluding steroid dienone is 4. The molecule has 5 atom stereocenters. The number of hydrogen-bond acceptors (Lipinski definition) is 15. The average molecular weight is 1500 g/mol. The molecule has 0 fully saturated rings. The first-order valence-electron chi connectivity index (χ1n) is 43.0. The van der Waals surface area contributed by atoms with Crippen LogP contribution in [0, 0.1) is 5.92 Å². The highest BCUT2D eigenvalue weighted by molar-refractivity contribution is 7.47. The van der Waals surface area contributed by atoms with Gasteiger partial charge in [0, 0.05) is 25.7 Å². The van der Waals surface area contributed by atoms with Gasteiger partial charge in [-0.3, -0.25) is 37.3 Å². The number of phosphoric ester groups is 2. The Morgan fingerprint density at radius 1 is 0.301 bits per heavy atom. The predicted molar refractivity (Wildman–Crippen MR) is 423 cm³/mol. The first kappa shape index (κ1) is 101. The summed E-state index contributed by atoms with van der Waals surface area (Å²) >= 11 is 0. The standard InChI is InChI=1S/C84H160O17P2/c1-6-9-12-15-18-21-24-27-29-34-38-43-48-53-58-63-68-82(87)95-74-80(101-84(89)70-65-60-55-50-45-40-35-31-30-33-37-41-46-51-56-61-66-77(4)5)76-99-103(92,93)97-72-78(85)71-96-102(90,91)98-75-79(73-94-81(86)67-62-57-52-47-42-36-26-23-20-17-14-11-8-3)100-83(88)69-64-59-54-49-44-39-32-28-25-22-19-16-13-10-7-2/h22,25,28,32,77-80,85H,6-21,23-24,26-27,29-31,33-76H2,1-5H3,(H,90,91)(H,92,93)/b25-22-,32-28-/t78-,79+,80+/m0/s1. The van der Waals surface area contributed by atoms with Gasteiger partial charge in [0.1, 0.15) is 19.3 Å². The second-order valence-electron chi connectivity index (χ2n) is 30.0. The fourth-order valence-electron chi connectivity index (χ4n) is 12.6. The van der Waals surface area contributed by atoms with Gasteiger partial charge >= 0.3 is 39.5 Å². The maximum atomic E-state index is 13.1. The van der Waals surface area contributed by atoms with Crippen LogP contribution in [0.2, 0.25) is 0 Å². The molecule has 0 aliphatic heterocycles. The molecular formula is C84H160O17P2. The van der Waals surface area contributed by atoms with Crippen molar-refractivity contribution >= 4 is 39.5 Å². The van der Waals surface area contributed by atoms with Gasteiger partial charge in [-0.05, 0) is 57.3 Å². The molecule has 2 unspecified atom stereocenters. The molecule has 19 heteroatoms. The van der Waals surface area contributed by atoms with Gasteiger partial charge in [0.05, 0.1) is 26.4 Å². The van der Waals surface area contributed by atoms with Gasteiger partial charge in [-0.15, -0.1) is 0 Å². The molecule has 0 saturated heterocycles. The third kappa shape index (κ3) is 77.5. The van der Waals surface area contributed by atoms with Crippen LogP contribution >= 0.6 is 15.6 Å². The van der Waals surface area contributed by atoms with Gasteiger partial charge in [-0.1, -0.05) is 374 Å². The van der Waals surface area contributed by atoms with Crippen molar-refractivity contribution in [3.05, 3.63) is 24.3 Å². The number of unbranched alkanes of at least 4 members (excludes halogenated alkanes) is 51. The van der Waals surface area contributed by atoms with Crippen molar-refractivity contribution in [1.29, 1.82) is 0 Å². The molecule has 0 spiro atoms. The second-order valence-corrected chi connectivity index (χ2v) is 32.9. The van der Waals surface area contributed by atoms with Crippen molar-refractivity contribution in [2.75, 3.05) is 39.6 Å². The Bertz CT molecular complexity index is 2060. The lowest BCUT2D eigenvalue weighted by Gasteiger charge is -2.21. The summed E-state index contributed by atoms with van der Waals surface area (Å²) in [6, 6.07) is 0. The Morgan fingerprint density at radius 2 is 0.524 bits per heavy atom. The van der Waals surface area contributed by atoms with Crippen LogP contribution in [-0.4, -0.2) is 96.7 Å². The lowest BCUT2D eigenvalue weighted by molar-refractivity contribution is -0.161. The number of esters is 4. The number of rotatable bonds is 82. The van der Waals surface area contributed by atoms with Gasteiger partial charge in [0.2, 0.25) is 0 Å². The summed E-state index contributed by atoms with van der Waals surface area (Å²) in [6.45, 7) is 7.32. The van der Waals surface area contributed by atoms with Crippen LogP contribution in [0.4, 0.5) is 0 Å². The van der Waals surface area contributed by atoms with Crippen molar-refractivity contribution in [1.82, 2.24) is 0 Å². The SMILES string of the molecule is CCCCCC/C=C\C=C/CCCCCCCC(=O)O[C@H](COC(=O)CCCCCCCCCCCCCCC)COP(=O)(O)OC[C@H](O)COP(=O)(O)OC[C@@H](COC(=O)CCCCCCCCCCCCCCCCCC)OC(=O)CCCCCCCCCCCCCCCCCCC(C)C. The molecule has 0 saturated carbocycles. The van der Waals surface area contributed by atoms with Crippen molar-refractivity contribution in [3.8, 4) is 0 Å². The van der Waals surface area contributed by atoms with Gasteiger partial charge in [-0.2, -0.15) is 0 Å². The van der Waals surface area contributed by atoms with Crippen LogP contribution in [0.1, 0.15) is 426 Å². The highest BCUT2D eigenvalue weighted by Gasteiger charge is 2.30. The van der Waals surface area contributed by atoms with E-state index in [2.05, 4.69) is 58.9 Å². The van der Waals surface area contributed by atoms with Gasteiger partial charge in [0.25, 0.3) is 0 Å². The minimum atomic E-state index is -4.97. The van der Waals surface area contributed by atoms with Crippen LogP contribution in [0.15, 0.2) is 24.3 Å². The largest absolute Gasteiger partial charge is 0.472 e. The minimum absolute atomic E-state index is 0.0859. The molecule has 103 heavy (non-hydrogen) atoms. The van der Waals surface area contributed by atoms with Crippen molar-refractivity contribution in [2.45, 2.75) is 445 Å². The first-order valence-corrected chi connectivity index (χ1v) is 45.9. The van der Waals surface area contributed by atoms with Crippen LogP contribution in [0.25, 0.3) is 0 Å². The fourth-order valence-corrected chi connectivity index (χ4v) is 14.2. The lowest BCUT2D eigenvalue weighted by Crippen LogP contribution is -2.30. The number of phosphoric acid groups is 2. The van der Waals surface area contributed by atoms with E-state index >= 15 is 0 Å². The van der Waals surface area contributed by atoms with E-state index in [1.54, 1.807) is 0 Å². The zero-order valence-electron chi connectivity index (χ0n) is 66.9. The molecule has 0 aromatic heterocycles. The third-order valence-electron chi connectivity index (χ3n) is 19.2. The molecule has 0 bridgehead atoms. The molecule has 0 aromatic rings. The zero-order chi connectivity index (χ0) is 75.5. The van der Waals surface area contributed by atoms with Crippen molar-refractivity contribution in [2.24, 2.45) is 5.92 Å². The van der Waals surface area contributed by atoms with E-state index in [-0.39, 0.29) is 25.7 Å². The zero-order valence-corrected chi connectivity index (χ0v) is 68.7. The first-order chi connectivity index (χ1) is 50.0. The van der Waals surface area contributed by atoms with Crippen LogP contribution in [-0.2, 0) is 65.4 Å². The van der Waals surface area contributed by atoms with Crippen LogP contribution in [0.5, 0.6) is 0 Å². The third-order valence-corrected chi connectivity index (χ3v) is 21.1. The number of ether oxygens (including phenoxy) is 4. The minimum Gasteiger partial charge on any atom is -0.462 e. The lowest BCUT2D eigenvalue weighted by atomic mass is 10.0. The number of aliphatic hydroxyl groups is 1. The summed E-state index contributed by atoms with van der Waals surface area (Å²) in [6.07, 6.45) is 71.4. The molecule has 3 N–H and O–H groups in total. The van der Waals surface area contributed by atoms with E-state index in [4.69, 9.17) is 37.0 Å². The summed E-state index contributed by atoms with van der Waals surface area (Å²) in [5.41, 5.74) is 0. The Morgan fingerprint density at radius 3 is 0.796 bits per heavy atom. The second kappa shape index (κ2) is 76.3. The van der Waals surface area contributed by atoms with Crippen LogP contribution in [0.3, 0.4) is 0 Å². The molecule has 608 valence electrons. The van der Waals surface area contributed by atoms with Crippen molar-refractivity contribution in [3.63, 3.8) is 0 Å². The number of carbonyl (C=O) groups is 4. The van der Waals surface area contributed by atoms with E-state index in [0.717, 1.165) is 109 Å². The van der Waals surface area contributed by atoms with Gasteiger partial charge in [-0.25, -0.2) is 9.13 Å². The van der Waals surface area contributed by atoms with Crippen molar-refractivity contribution < 1.29 is 80.2 Å². The van der Waals surface area contributed by atoms with Gasteiger partial charge < -0.3 is 33.8 Å². The average Bonchev–Trinajstić information content (AvgIpc) is 0.935. The molecule has 0 aliphatic rings. The molecule has 0 rings (SSSR count).